The van der Waals surface area contributed by atoms with E-state index < -0.39 is 27.7 Å². The molecule has 22 heavy (non-hydrogen) atoms. The third-order valence-electron chi connectivity index (χ3n) is 2.57. The summed E-state index contributed by atoms with van der Waals surface area (Å²) in [5.74, 6) is -0.524. The minimum Gasteiger partial charge on any atom is -0.456 e. The second-order valence-electron chi connectivity index (χ2n) is 4.14. The van der Waals surface area contributed by atoms with E-state index in [1.165, 1.54) is 12.1 Å². The fourth-order valence-electron chi connectivity index (χ4n) is 1.62. The van der Waals surface area contributed by atoms with E-state index in [9.17, 15) is 26.7 Å². The number of alkyl halides is 3. The van der Waals surface area contributed by atoms with Gasteiger partial charge >= 0.3 is 15.6 Å². The van der Waals surface area contributed by atoms with Gasteiger partial charge in [0.1, 0.15) is 11.3 Å². The standard InChI is InChI=1S/C12H11F3O6S/c1-2-19-11(16)10-5-7-3-4-8(6-9(7)20-10)21-22(17,18)12(13,14)15/h3-6,11,16H,2H2,1H3. The number of hydrogen-bond donors (Lipinski definition) is 1. The van der Waals surface area contributed by atoms with Gasteiger partial charge in [0.15, 0.2) is 5.76 Å². The monoisotopic (exact) mass is 340 g/mol. The van der Waals surface area contributed by atoms with E-state index in [0.717, 1.165) is 12.1 Å². The Morgan fingerprint density at radius 2 is 2.00 bits per heavy atom. The Bertz CT molecular complexity index is 765. The largest absolute Gasteiger partial charge is 0.534 e. The van der Waals surface area contributed by atoms with E-state index in [0.29, 0.717) is 5.39 Å². The van der Waals surface area contributed by atoms with Gasteiger partial charge in [-0.3, -0.25) is 0 Å². The van der Waals surface area contributed by atoms with Gasteiger partial charge in [0, 0.05) is 18.1 Å². The van der Waals surface area contributed by atoms with Crippen molar-refractivity contribution in [1.82, 2.24) is 0 Å². The predicted octanol–water partition coefficient (Wildman–Crippen LogP) is 2.69. The molecule has 1 heterocycles. The lowest BCUT2D eigenvalue weighted by atomic mass is 10.2. The summed E-state index contributed by atoms with van der Waals surface area (Å²) in [6.07, 6.45) is -1.33. The van der Waals surface area contributed by atoms with Gasteiger partial charge in [-0.05, 0) is 25.1 Å². The molecule has 1 N–H and O–H groups in total. The lowest BCUT2D eigenvalue weighted by Crippen LogP contribution is -2.27. The van der Waals surface area contributed by atoms with Gasteiger partial charge in [0.2, 0.25) is 6.29 Å². The zero-order valence-corrected chi connectivity index (χ0v) is 11.9. The van der Waals surface area contributed by atoms with Crippen molar-refractivity contribution in [2.75, 3.05) is 6.61 Å². The van der Waals surface area contributed by atoms with Crippen LogP contribution in [0.2, 0.25) is 0 Å². The Kier molecular flexibility index (Phi) is 4.36. The zero-order valence-electron chi connectivity index (χ0n) is 11.1. The lowest BCUT2D eigenvalue weighted by Gasteiger charge is -2.08. The first-order valence-corrected chi connectivity index (χ1v) is 7.39. The van der Waals surface area contributed by atoms with Crippen molar-refractivity contribution in [1.29, 1.82) is 0 Å². The summed E-state index contributed by atoms with van der Waals surface area (Å²) in [5, 5.41) is 10.0. The van der Waals surface area contributed by atoms with Crippen molar-refractivity contribution >= 4 is 21.1 Å². The minimum absolute atomic E-state index is 0.0349. The van der Waals surface area contributed by atoms with E-state index in [1.54, 1.807) is 6.92 Å². The van der Waals surface area contributed by atoms with Crippen molar-refractivity contribution in [2.45, 2.75) is 18.7 Å². The van der Waals surface area contributed by atoms with E-state index in [1.807, 2.05) is 0 Å². The molecule has 2 aromatic rings. The van der Waals surface area contributed by atoms with E-state index >= 15 is 0 Å². The van der Waals surface area contributed by atoms with Gasteiger partial charge in [-0.15, -0.1) is 0 Å². The number of hydrogen-bond acceptors (Lipinski definition) is 6. The molecular weight excluding hydrogens is 329 g/mol. The minimum atomic E-state index is -5.75. The first-order chi connectivity index (χ1) is 10.1. The van der Waals surface area contributed by atoms with Crippen LogP contribution < -0.4 is 4.18 Å². The van der Waals surface area contributed by atoms with Crippen LogP contribution in [0.4, 0.5) is 13.2 Å². The summed E-state index contributed by atoms with van der Waals surface area (Å²) < 4.78 is 72.6. The highest BCUT2D eigenvalue weighted by molar-refractivity contribution is 7.88. The summed E-state index contributed by atoms with van der Waals surface area (Å²) >= 11 is 0. The van der Waals surface area contributed by atoms with Gasteiger partial charge in [0.25, 0.3) is 0 Å². The maximum absolute atomic E-state index is 12.2. The number of ether oxygens (including phenoxy) is 1. The van der Waals surface area contributed by atoms with Crippen LogP contribution in [0.3, 0.4) is 0 Å². The Labute approximate surface area is 123 Å². The normalized spacial score (nSPS) is 14.2. The van der Waals surface area contributed by atoms with Gasteiger partial charge in [-0.1, -0.05) is 0 Å². The van der Waals surface area contributed by atoms with Crippen molar-refractivity contribution < 1.29 is 40.0 Å². The molecule has 0 aliphatic heterocycles. The molecule has 0 bridgehead atoms. The van der Waals surface area contributed by atoms with Gasteiger partial charge in [-0.25, -0.2) is 0 Å². The van der Waals surface area contributed by atoms with Gasteiger partial charge in [-0.2, -0.15) is 21.6 Å². The van der Waals surface area contributed by atoms with E-state index in [2.05, 4.69) is 4.18 Å². The smallest absolute Gasteiger partial charge is 0.456 e. The maximum Gasteiger partial charge on any atom is 0.534 e. The molecule has 0 amide bonds. The van der Waals surface area contributed by atoms with Crippen LogP contribution in [0.1, 0.15) is 19.0 Å². The van der Waals surface area contributed by atoms with Crippen LogP contribution in [-0.2, 0) is 14.9 Å². The third kappa shape index (κ3) is 3.34. The Morgan fingerprint density at radius 1 is 1.32 bits per heavy atom. The van der Waals surface area contributed by atoms with Crippen molar-refractivity contribution in [3.05, 3.63) is 30.0 Å². The molecule has 1 unspecified atom stereocenters. The number of fused-ring (bicyclic) bond motifs is 1. The maximum atomic E-state index is 12.2. The van der Waals surface area contributed by atoms with Crippen LogP contribution in [-0.4, -0.2) is 25.6 Å². The highest BCUT2D eigenvalue weighted by Gasteiger charge is 2.48. The van der Waals surface area contributed by atoms with Crippen LogP contribution in [0.5, 0.6) is 5.75 Å². The second-order valence-corrected chi connectivity index (χ2v) is 5.68. The van der Waals surface area contributed by atoms with Crippen molar-refractivity contribution in [3.63, 3.8) is 0 Å². The highest BCUT2D eigenvalue weighted by atomic mass is 32.2. The van der Waals surface area contributed by atoms with Crippen LogP contribution in [0.25, 0.3) is 11.0 Å². The summed E-state index contributed by atoms with van der Waals surface area (Å²) in [6, 6.07) is 4.72. The van der Waals surface area contributed by atoms with Crippen molar-refractivity contribution in [3.8, 4) is 5.75 Å². The quantitative estimate of drug-likeness (QED) is 0.512. The Morgan fingerprint density at radius 3 is 2.59 bits per heavy atom. The molecule has 0 aliphatic rings. The summed E-state index contributed by atoms with van der Waals surface area (Å²) in [6.45, 7) is 1.87. The van der Waals surface area contributed by atoms with Gasteiger partial charge in [0.05, 0.1) is 0 Å². The number of benzene rings is 1. The number of halogens is 3. The number of aliphatic hydroxyl groups is 1. The molecule has 0 aliphatic carbocycles. The molecule has 0 saturated carbocycles. The zero-order chi connectivity index (χ0) is 16.5. The first-order valence-electron chi connectivity index (χ1n) is 5.98. The molecular formula is C12H11F3O6S. The predicted molar refractivity (Wildman–Crippen MR) is 68.4 cm³/mol. The van der Waals surface area contributed by atoms with E-state index in [4.69, 9.17) is 9.15 Å². The molecule has 1 atom stereocenters. The summed E-state index contributed by atoms with van der Waals surface area (Å²) in [4.78, 5) is 0. The molecule has 0 fully saturated rings. The third-order valence-corrected chi connectivity index (χ3v) is 3.55. The topological polar surface area (TPSA) is 86.0 Å². The second kappa shape index (κ2) is 5.78. The number of furan rings is 1. The first kappa shape index (κ1) is 16.6. The SMILES string of the molecule is CCOC(O)c1cc2ccc(OS(=O)(=O)C(F)(F)F)cc2o1. The van der Waals surface area contributed by atoms with Crippen LogP contribution in [0.15, 0.2) is 28.7 Å². The average molecular weight is 340 g/mol. The Hall–Kier alpha value is -1.78. The average Bonchev–Trinajstić information content (AvgIpc) is 2.80. The molecule has 10 heteroatoms. The molecule has 0 spiro atoms. The number of aliphatic hydroxyl groups excluding tert-OH is 1. The lowest BCUT2D eigenvalue weighted by molar-refractivity contribution is -0.109. The van der Waals surface area contributed by atoms with Gasteiger partial charge < -0.3 is 18.4 Å². The highest BCUT2D eigenvalue weighted by Crippen LogP contribution is 2.31. The molecule has 1 aromatic carbocycles. The number of rotatable bonds is 5. The van der Waals surface area contributed by atoms with Crippen LogP contribution >= 0.6 is 0 Å². The summed E-state index contributed by atoms with van der Waals surface area (Å²) in [7, 11) is -5.75. The molecule has 1 aromatic heterocycles. The molecule has 0 saturated heterocycles. The molecule has 122 valence electrons. The fourth-order valence-corrected chi connectivity index (χ4v) is 2.07. The van der Waals surface area contributed by atoms with Crippen LogP contribution in [0, 0.1) is 0 Å². The van der Waals surface area contributed by atoms with Crippen molar-refractivity contribution in [2.24, 2.45) is 0 Å². The molecule has 0 radical (unpaired) electrons. The molecule has 2 rings (SSSR count). The fraction of sp³-hybridized carbons (Fsp3) is 0.333. The summed E-state index contributed by atoms with van der Waals surface area (Å²) in [5.41, 5.74) is -5.48. The van der Waals surface area contributed by atoms with E-state index in [-0.39, 0.29) is 18.0 Å². The molecule has 6 nitrogen and oxygen atoms in total. The Balaban J connectivity index is 2.31.